The number of anilines is 2. The number of aliphatic imine (C=N–C) groups is 1. The van der Waals surface area contributed by atoms with E-state index < -0.39 is 11.9 Å². The number of carboxylic acids is 1. The number of amides is 3. The van der Waals surface area contributed by atoms with Gasteiger partial charge in [-0.2, -0.15) is 0 Å². The van der Waals surface area contributed by atoms with E-state index in [-0.39, 0.29) is 47.4 Å². The highest BCUT2D eigenvalue weighted by Crippen LogP contribution is 2.38. The van der Waals surface area contributed by atoms with Crippen LogP contribution >= 0.6 is 11.3 Å². The van der Waals surface area contributed by atoms with E-state index in [9.17, 15) is 24.3 Å². The van der Waals surface area contributed by atoms with Crippen molar-refractivity contribution in [3.8, 4) is 11.5 Å². The summed E-state index contributed by atoms with van der Waals surface area (Å²) < 4.78 is 13.7. The molecule has 2 aliphatic heterocycles. The van der Waals surface area contributed by atoms with Gasteiger partial charge in [-0.25, -0.2) is 9.78 Å². The van der Waals surface area contributed by atoms with E-state index in [0.29, 0.717) is 46.8 Å². The third kappa shape index (κ3) is 6.42. The second kappa shape index (κ2) is 13.0. The number of aryl methyl sites for hydroxylation is 1. The van der Waals surface area contributed by atoms with Crippen molar-refractivity contribution in [2.24, 2.45) is 12.0 Å². The minimum atomic E-state index is -1.00. The standard InChI is InChI=1S/C32H32N6O7S/c1-37-17-27(36-29(37)30(40)34-19-8-9-25-18(12-19)13-26(46-25)32(42)43)35-28(39)7-5-11-45-24-15-22-21(14-23(24)44-2)31(41)38-10-4-3-6-20(38)16-33-22/h8-9,12-17,20H,3-7,10-11H2,1-2H3,(H,34,40)(H,35,39)(H,42,43)/t20-/m0/s1. The molecule has 6 rings (SSSR count). The van der Waals surface area contributed by atoms with Gasteiger partial charge in [0, 0.05) is 48.9 Å². The van der Waals surface area contributed by atoms with Crippen LogP contribution < -0.4 is 20.1 Å². The Morgan fingerprint density at radius 3 is 2.76 bits per heavy atom. The highest BCUT2D eigenvalue weighted by atomic mass is 32.1. The number of aromatic nitrogens is 2. The molecule has 0 spiro atoms. The molecular weight excluding hydrogens is 612 g/mol. The monoisotopic (exact) mass is 644 g/mol. The normalized spacial score (nSPS) is 15.6. The van der Waals surface area contributed by atoms with Crippen LogP contribution in [-0.4, -0.2) is 75.8 Å². The quantitative estimate of drug-likeness (QED) is 0.201. The lowest BCUT2D eigenvalue weighted by Gasteiger charge is -2.32. The zero-order chi connectivity index (χ0) is 32.4. The highest BCUT2D eigenvalue weighted by molar-refractivity contribution is 7.20. The zero-order valence-corrected chi connectivity index (χ0v) is 26.1. The van der Waals surface area contributed by atoms with E-state index in [1.165, 1.54) is 11.7 Å². The molecule has 3 amide bonds. The lowest BCUT2D eigenvalue weighted by Crippen LogP contribution is -2.43. The fraction of sp³-hybridized carbons (Fsp3) is 0.312. The van der Waals surface area contributed by atoms with Gasteiger partial charge in [-0.3, -0.25) is 19.4 Å². The van der Waals surface area contributed by atoms with Crippen molar-refractivity contribution in [2.45, 2.75) is 38.1 Å². The largest absolute Gasteiger partial charge is 0.493 e. The highest BCUT2D eigenvalue weighted by Gasteiger charge is 2.31. The van der Waals surface area contributed by atoms with E-state index >= 15 is 0 Å². The van der Waals surface area contributed by atoms with Gasteiger partial charge in [0.25, 0.3) is 11.8 Å². The van der Waals surface area contributed by atoms with E-state index in [4.69, 9.17) is 9.47 Å². The Morgan fingerprint density at radius 2 is 1.96 bits per heavy atom. The van der Waals surface area contributed by atoms with Crippen molar-refractivity contribution in [1.82, 2.24) is 14.5 Å². The van der Waals surface area contributed by atoms with Gasteiger partial charge in [-0.15, -0.1) is 11.3 Å². The van der Waals surface area contributed by atoms with E-state index in [1.54, 1.807) is 49.6 Å². The van der Waals surface area contributed by atoms with Crippen molar-refractivity contribution in [3.63, 3.8) is 0 Å². The summed E-state index contributed by atoms with van der Waals surface area (Å²) >= 11 is 1.16. The van der Waals surface area contributed by atoms with E-state index in [0.717, 1.165) is 35.3 Å². The molecule has 238 valence electrons. The molecule has 2 aliphatic rings. The Balaban J connectivity index is 1.02. The molecule has 1 saturated heterocycles. The number of hydrogen-bond donors (Lipinski definition) is 3. The van der Waals surface area contributed by atoms with Gasteiger partial charge >= 0.3 is 5.97 Å². The summed E-state index contributed by atoms with van der Waals surface area (Å²) in [6.45, 7) is 0.919. The van der Waals surface area contributed by atoms with Crippen LogP contribution in [0.25, 0.3) is 10.1 Å². The number of imidazole rings is 1. The third-order valence-corrected chi connectivity index (χ3v) is 8.95. The van der Waals surface area contributed by atoms with Gasteiger partial charge in [0.2, 0.25) is 11.7 Å². The van der Waals surface area contributed by atoms with Gasteiger partial charge in [-0.05, 0) is 61.4 Å². The van der Waals surface area contributed by atoms with Crippen LogP contribution in [0.2, 0.25) is 0 Å². The van der Waals surface area contributed by atoms with Gasteiger partial charge in [-0.1, -0.05) is 0 Å². The number of ether oxygens (including phenoxy) is 2. The maximum Gasteiger partial charge on any atom is 0.345 e. The number of thiophene rings is 1. The number of nitrogens with zero attached hydrogens (tertiary/aromatic N) is 4. The minimum absolute atomic E-state index is 0.0101. The summed E-state index contributed by atoms with van der Waals surface area (Å²) in [6.07, 6.45) is 6.82. The smallest absolute Gasteiger partial charge is 0.345 e. The summed E-state index contributed by atoms with van der Waals surface area (Å²) in [6, 6.07) is 10.0. The van der Waals surface area contributed by atoms with Crippen LogP contribution in [0.4, 0.5) is 17.2 Å². The first-order valence-corrected chi connectivity index (χ1v) is 15.6. The molecule has 0 bridgehead atoms. The topological polar surface area (TPSA) is 164 Å². The molecule has 0 unspecified atom stereocenters. The molecule has 13 nitrogen and oxygen atoms in total. The molecular formula is C32H32N6O7S. The molecule has 1 fully saturated rings. The second-order valence-electron chi connectivity index (χ2n) is 11.0. The van der Waals surface area contributed by atoms with Crippen LogP contribution in [0.5, 0.6) is 11.5 Å². The lowest BCUT2D eigenvalue weighted by atomic mass is 10.0. The maximum atomic E-state index is 13.2. The molecule has 2 aromatic carbocycles. The molecule has 1 atom stereocenters. The average molecular weight is 645 g/mol. The number of nitrogens with one attached hydrogen (secondary N) is 2. The molecule has 2 aromatic heterocycles. The summed E-state index contributed by atoms with van der Waals surface area (Å²) in [4.78, 5) is 61.0. The first-order chi connectivity index (χ1) is 22.2. The summed E-state index contributed by atoms with van der Waals surface area (Å²) in [7, 11) is 3.15. The third-order valence-electron chi connectivity index (χ3n) is 7.85. The second-order valence-corrected chi connectivity index (χ2v) is 12.1. The number of aromatic carboxylic acids is 1. The number of fused-ring (bicyclic) bond motifs is 3. The summed E-state index contributed by atoms with van der Waals surface area (Å²) in [5.74, 6) is -0.685. The SMILES string of the molecule is COc1cc2c(cc1OCCCC(=O)Nc1cn(C)c(C(=O)Nc3ccc4sc(C(=O)O)cc4c3)n1)N=C[C@@H]1CCCCN1C2=O. The Kier molecular flexibility index (Phi) is 8.70. The van der Waals surface area contributed by atoms with E-state index in [1.807, 2.05) is 11.1 Å². The van der Waals surface area contributed by atoms with Gasteiger partial charge in [0.15, 0.2) is 17.3 Å². The Bertz CT molecular complexity index is 1880. The molecule has 3 N–H and O–H groups in total. The van der Waals surface area contributed by atoms with E-state index in [2.05, 4.69) is 20.6 Å². The number of carbonyl (C=O) groups excluding carboxylic acids is 3. The number of hydrogen-bond acceptors (Lipinski definition) is 9. The van der Waals surface area contributed by atoms with Crippen LogP contribution in [-0.2, 0) is 11.8 Å². The van der Waals surface area contributed by atoms with Gasteiger partial charge in [0.1, 0.15) is 4.88 Å². The Labute approximate surface area is 267 Å². The van der Waals surface area contributed by atoms with Crippen LogP contribution in [0.15, 0.2) is 47.6 Å². The summed E-state index contributed by atoms with van der Waals surface area (Å²) in [5.41, 5.74) is 1.49. The Hall–Kier alpha value is -5.24. The fourth-order valence-corrected chi connectivity index (χ4v) is 6.44. The molecule has 14 heteroatoms. The average Bonchev–Trinajstić information content (AvgIpc) is 3.61. The number of carbonyl (C=O) groups is 4. The fourth-order valence-electron chi connectivity index (χ4n) is 5.56. The van der Waals surface area contributed by atoms with Crippen LogP contribution in [0.1, 0.15) is 62.8 Å². The van der Waals surface area contributed by atoms with Crippen molar-refractivity contribution in [3.05, 3.63) is 58.9 Å². The van der Waals surface area contributed by atoms with Crippen molar-refractivity contribution in [2.75, 3.05) is 30.9 Å². The van der Waals surface area contributed by atoms with Crippen LogP contribution in [0, 0.1) is 0 Å². The number of piperidine rings is 1. The van der Waals surface area contributed by atoms with Crippen molar-refractivity contribution in [1.29, 1.82) is 0 Å². The number of rotatable bonds is 10. The maximum absolute atomic E-state index is 13.2. The predicted octanol–water partition coefficient (Wildman–Crippen LogP) is 5.10. The number of methoxy groups -OCH3 is 1. The first kappa shape index (κ1) is 30.8. The molecule has 46 heavy (non-hydrogen) atoms. The van der Waals surface area contributed by atoms with Crippen molar-refractivity contribution >= 4 is 68.5 Å². The summed E-state index contributed by atoms with van der Waals surface area (Å²) in [5, 5.41) is 15.4. The Morgan fingerprint density at radius 1 is 1.11 bits per heavy atom. The molecule has 0 radical (unpaired) electrons. The molecule has 0 aliphatic carbocycles. The molecule has 4 heterocycles. The minimum Gasteiger partial charge on any atom is -0.493 e. The number of benzene rings is 2. The van der Waals surface area contributed by atoms with Crippen molar-refractivity contribution < 1.29 is 33.8 Å². The molecule has 4 aromatic rings. The zero-order valence-electron chi connectivity index (χ0n) is 25.2. The van der Waals surface area contributed by atoms with Crippen LogP contribution in [0.3, 0.4) is 0 Å². The lowest BCUT2D eigenvalue weighted by molar-refractivity contribution is -0.116. The van der Waals surface area contributed by atoms with Gasteiger partial charge in [0.05, 0.1) is 31.0 Å². The predicted molar refractivity (Wildman–Crippen MR) is 173 cm³/mol. The number of carboxylic acid groups (broad SMARTS) is 1. The van der Waals surface area contributed by atoms with Gasteiger partial charge < -0.3 is 34.7 Å². The first-order valence-electron chi connectivity index (χ1n) is 14.8. The molecule has 0 saturated carbocycles.